The number of aromatic nitrogens is 1. The summed E-state index contributed by atoms with van der Waals surface area (Å²) >= 11 is 1.71. The topological polar surface area (TPSA) is 42.0 Å². The highest BCUT2D eigenvalue weighted by Gasteiger charge is 2.18. The summed E-state index contributed by atoms with van der Waals surface area (Å²) in [6, 6.07) is 6.77. The number of benzene rings is 1. The Morgan fingerprint density at radius 1 is 1.39 bits per heavy atom. The number of nitrogens with one attached hydrogen (secondary N) is 1. The van der Waals surface area contributed by atoms with Crippen LogP contribution >= 0.6 is 11.3 Å². The molecule has 96 valence electrons. The lowest BCUT2D eigenvalue weighted by molar-refractivity contribution is 0.624. The molecule has 3 nitrogen and oxygen atoms in total. The Labute approximate surface area is 113 Å². The van der Waals surface area contributed by atoms with Crippen LogP contribution < -0.4 is 5.32 Å². The minimum atomic E-state index is -0.594. The molecule has 5 heteroatoms. The summed E-state index contributed by atoms with van der Waals surface area (Å²) in [5.74, 6) is 1.64. The molecule has 1 N–H and O–H groups in total. The molecule has 18 heavy (non-hydrogen) atoms. The number of thiazole rings is 1. The lowest BCUT2D eigenvalue weighted by Crippen LogP contribution is -2.29. The Balaban J connectivity index is 1.76. The van der Waals surface area contributed by atoms with Crippen LogP contribution in [0.15, 0.2) is 18.2 Å². The molecule has 3 rings (SSSR count). The van der Waals surface area contributed by atoms with Crippen LogP contribution in [0.3, 0.4) is 0 Å². The van der Waals surface area contributed by atoms with E-state index in [1.165, 1.54) is 10.3 Å². The van der Waals surface area contributed by atoms with Crippen molar-refractivity contribution < 1.29 is 4.21 Å². The maximum absolute atomic E-state index is 11.3. The number of hydrogen-bond donors (Lipinski definition) is 1. The first-order valence-electron chi connectivity index (χ1n) is 6.19. The van der Waals surface area contributed by atoms with Gasteiger partial charge in [0.2, 0.25) is 0 Å². The van der Waals surface area contributed by atoms with Crippen molar-refractivity contribution in [2.75, 3.05) is 16.8 Å². The molecule has 1 aliphatic heterocycles. The molecule has 0 unspecified atom stereocenters. The molecule has 0 aliphatic carbocycles. The zero-order chi connectivity index (χ0) is 12.5. The number of nitrogens with zero attached hydrogens (tertiary/aromatic N) is 1. The van der Waals surface area contributed by atoms with E-state index in [4.69, 9.17) is 0 Å². The van der Waals surface area contributed by atoms with Crippen molar-refractivity contribution in [2.45, 2.75) is 25.8 Å². The first kappa shape index (κ1) is 12.1. The van der Waals surface area contributed by atoms with Crippen LogP contribution in [0.1, 0.15) is 18.4 Å². The van der Waals surface area contributed by atoms with E-state index in [1.807, 2.05) is 0 Å². The molecule has 1 aromatic carbocycles. The van der Waals surface area contributed by atoms with Crippen molar-refractivity contribution in [3.63, 3.8) is 0 Å². The zero-order valence-electron chi connectivity index (χ0n) is 10.3. The maximum Gasteiger partial charge on any atom is 0.184 e. The summed E-state index contributed by atoms with van der Waals surface area (Å²) < 4.78 is 12.5. The van der Waals surface area contributed by atoms with Gasteiger partial charge in [0.25, 0.3) is 0 Å². The van der Waals surface area contributed by atoms with Crippen LogP contribution in [0.5, 0.6) is 0 Å². The Kier molecular flexibility index (Phi) is 3.35. The first-order chi connectivity index (χ1) is 8.70. The summed E-state index contributed by atoms with van der Waals surface area (Å²) in [5, 5.41) is 4.48. The van der Waals surface area contributed by atoms with Crippen LogP contribution in [-0.2, 0) is 10.8 Å². The molecule has 0 bridgehead atoms. The van der Waals surface area contributed by atoms with E-state index in [0.717, 1.165) is 35.0 Å². The van der Waals surface area contributed by atoms with Gasteiger partial charge < -0.3 is 5.32 Å². The van der Waals surface area contributed by atoms with Gasteiger partial charge in [0, 0.05) is 28.3 Å². The van der Waals surface area contributed by atoms with E-state index in [1.54, 1.807) is 11.3 Å². The van der Waals surface area contributed by atoms with Crippen LogP contribution in [0.2, 0.25) is 0 Å². The second-order valence-corrected chi connectivity index (χ2v) is 7.48. The van der Waals surface area contributed by atoms with Crippen molar-refractivity contribution in [2.24, 2.45) is 0 Å². The molecule has 2 aromatic rings. The minimum Gasteiger partial charge on any atom is -0.359 e. The van der Waals surface area contributed by atoms with Crippen molar-refractivity contribution in [1.29, 1.82) is 0 Å². The van der Waals surface area contributed by atoms with Gasteiger partial charge in [-0.05, 0) is 37.5 Å². The molecule has 0 atom stereocenters. The van der Waals surface area contributed by atoms with E-state index in [-0.39, 0.29) is 0 Å². The molecule has 0 radical (unpaired) electrons. The van der Waals surface area contributed by atoms with Crippen LogP contribution in [-0.4, -0.2) is 26.7 Å². The third-order valence-electron chi connectivity index (χ3n) is 3.26. The van der Waals surface area contributed by atoms with Gasteiger partial charge in [-0.2, -0.15) is 0 Å². The third kappa shape index (κ3) is 2.57. The lowest BCUT2D eigenvalue weighted by Gasteiger charge is -2.21. The van der Waals surface area contributed by atoms with Gasteiger partial charge in [-0.15, -0.1) is 0 Å². The van der Waals surface area contributed by atoms with E-state index < -0.39 is 10.8 Å². The summed E-state index contributed by atoms with van der Waals surface area (Å²) in [7, 11) is -0.594. The predicted molar refractivity (Wildman–Crippen MR) is 78.9 cm³/mol. The number of hydrogen-bond acceptors (Lipinski definition) is 4. The second kappa shape index (κ2) is 4.97. The average molecular weight is 280 g/mol. The van der Waals surface area contributed by atoms with Gasteiger partial charge in [0.05, 0.1) is 10.2 Å². The van der Waals surface area contributed by atoms with E-state index in [0.29, 0.717) is 6.04 Å². The fraction of sp³-hybridized carbons (Fsp3) is 0.462. The maximum atomic E-state index is 11.3. The van der Waals surface area contributed by atoms with Gasteiger partial charge in [0.15, 0.2) is 5.13 Å². The average Bonchev–Trinajstić information content (AvgIpc) is 2.73. The Bertz CT molecular complexity index is 584. The summed E-state index contributed by atoms with van der Waals surface area (Å²) in [6.07, 6.45) is 1.98. The summed E-state index contributed by atoms with van der Waals surface area (Å²) in [4.78, 5) is 4.60. The zero-order valence-corrected chi connectivity index (χ0v) is 11.9. The van der Waals surface area contributed by atoms with Gasteiger partial charge in [0.1, 0.15) is 0 Å². The SMILES string of the molecule is Cc1ccc2nc(NC3CCS(=O)CC3)sc2c1. The van der Waals surface area contributed by atoms with Gasteiger partial charge >= 0.3 is 0 Å². The predicted octanol–water partition coefficient (Wildman–Crippen LogP) is 2.93. The van der Waals surface area contributed by atoms with Crippen molar-refractivity contribution in [1.82, 2.24) is 4.98 Å². The summed E-state index contributed by atoms with van der Waals surface area (Å²) in [6.45, 7) is 2.10. The first-order valence-corrected chi connectivity index (χ1v) is 8.50. The van der Waals surface area contributed by atoms with Crippen molar-refractivity contribution in [3.05, 3.63) is 23.8 Å². The smallest absolute Gasteiger partial charge is 0.184 e. The van der Waals surface area contributed by atoms with Crippen molar-refractivity contribution >= 4 is 37.5 Å². The van der Waals surface area contributed by atoms with Crippen molar-refractivity contribution in [3.8, 4) is 0 Å². The van der Waals surface area contributed by atoms with E-state index >= 15 is 0 Å². The van der Waals surface area contributed by atoms with E-state index in [2.05, 4.69) is 35.4 Å². The van der Waals surface area contributed by atoms with Crippen LogP contribution in [0, 0.1) is 6.92 Å². The van der Waals surface area contributed by atoms with Gasteiger partial charge in [-0.25, -0.2) is 4.98 Å². The lowest BCUT2D eigenvalue weighted by atomic mass is 10.2. The molecular weight excluding hydrogens is 264 g/mol. The highest BCUT2D eigenvalue weighted by Crippen LogP contribution is 2.28. The van der Waals surface area contributed by atoms with Gasteiger partial charge in [-0.3, -0.25) is 4.21 Å². The van der Waals surface area contributed by atoms with Gasteiger partial charge in [-0.1, -0.05) is 17.4 Å². The molecule has 1 saturated heterocycles. The fourth-order valence-corrected chi connectivity index (χ4v) is 4.55. The number of rotatable bonds is 2. The highest BCUT2D eigenvalue weighted by molar-refractivity contribution is 7.85. The molecule has 1 fully saturated rings. The largest absolute Gasteiger partial charge is 0.359 e. The fourth-order valence-electron chi connectivity index (χ4n) is 2.21. The molecule has 0 saturated carbocycles. The molecular formula is C13H16N2OS2. The number of anilines is 1. The molecule has 2 heterocycles. The normalized spacial score (nSPS) is 24.3. The molecule has 0 amide bonds. The standard InChI is InChI=1S/C13H16N2OS2/c1-9-2-3-11-12(8-9)17-13(15-11)14-10-4-6-18(16)7-5-10/h2-3,8,10H,4-7H2,1H3,(H,14,15). The quantitative estimate of drug-likeness (QED) is 0.919. The second-order valence-electron chi connectivity index (χ2n) is 4.76. The van der Waals surface area contributed by atoms with Crippen LogP contribution in [0.25, 0.3) is 10.2 Å². The Hall–Kier alpha value is -0.940. The third-order valence-corrected chi connectivity index (χ3v) is 5.59. The molecule has 1 aliphatic rings. The molecule has 1 aromatic heterocycles. The van der Waals surface area contributed by atoms with Crippen LogP contribution in [0.4, 0.5) is 5.13 Å². The number of fused-ring (bicyclic) bond motifs is 1. The summed E-state index contributed by atoms with van der Waals surface area (Å²) in [5.41, 5.74) is 2.33. The molecule has 0 spiro atoms. The highest BCUT2D eigenvalue weighted by atomic mass is 32.2. The monoisotopic (exact) mass is 280 g/mol. The van der Waals surface area contributed by atoms with E-state index in [9.17, 15) is 4.21 Å². The Morgan fingerprint density at radius 3 is 2.94 bits per heavy atom. The Morgan fingerprint density at radius 2 is 2.17 bits per heavy atom. The minimum absolute atomic E-state index is 0.435. The number of aryl methyl sites for hydroxylation is 1.